The third-order valence-corrected chi connectivity index (χ3v) is 2.99. The number of nitrogens with zero attached hydrogens (tertiary/aromatic N) is 2. The summed E-state index contributed by atoms with van der Waals surface area (Å²) in [5.41, 5.74) is 8.92. The molecule has 2 aromatic rings. The van der Waals surface area contributed by atoms with Gasteiger partial charge in [-0.2, -0.15) is 5.10 Å². The number of nitrogens with one attached hydrogen (secondary N) is 1. The maximum atomic E-state index is 12.1. The molecule has 1 aromatic carbocycles. The van der Waals surface area contributed by atoms with E-state index in [1.54, 1.807) is 17.1 Å². The van der Waals surface area contributed by atoms with Gasteiger partial charge in [0.1, 0.15) is 0 Å². The topological polar surface area (TPSA) is 72.9 Å². The van der Waals surface area contributed by atoms with Gasteiger partial charge in [-0.1, -0.05) is 18.2 Å². The number of rotatable bonds is 4. The normalized spacial score (nSPS) is 10.4. The van der Waals surface area contributed by atoms with Gasteiger partial charge in [0, 0.05) is 18.3 Å². The van der Waals surface area contributed by atoms with E-state index in [0.29, 0.717) is 18.8 Å². The van der Waals surface area contributed by atoms with Gasteiger partial charge in [0.2, 0.25) is 0 Å². The molecular weight excluding hydrogens is 240 g/mol. The third-order valence-electron chi connectivity index (χ3n) is 2.99. The molecule has 100 valence electrons. The lowest BCUT2D eigenvalue weighted by Gasteiger charge is -2.10. The lowest BCUT2D eigenvalue weighted by Crippen LogP contribution is -2.28. The van der Waals surface area contributed by atoms with Crippen LogP contribution in [0.5, 0.6) is 0 Å². The van der Waals surface area contributed by atoms with Crippen molar-refractivity contribution in [1.29, 1.82) is 0 Å². The SMILES string of the molecule is Cc1cccc(C)c1C(=O)NCCn1cc(N)cn1. The maximum Gasteiger partial charge on any atom is 0.251 e. The second kappa shape index (κ2) is 5.56. The Bertz CT molecular complexity index is 569. The molecule has 5 nitrogen and oxygen atoms in total. The van der Waals surface area contributed by atoms with Gasteiger partial charge in [-0.15, -0.1) is 0 Å². The Balaban J connectivity index is 1.94. The Morgan fingerprint density at radius 2 is 2.05 bits per heavy atom. The minimum absolute atomic E-state index is 0.0456. The number of aromatic nitrogens is 2. The number of nitrogens with two attached hydrogens (primary N) is 1. The van der Waals surface area contributed by atoms with Crippen LogP contribution in [0.1, 0.15) is 21.5 Å². The standard InChI is InChI=1S/C14H18N4O/c1-10-4-3-5-11(2)13(10)14(19)16-6-7-18-9-12(15)8-17-18/h3-5,8-9H,6-7,15H2,1-2H3,(H,16,19). The molecule has 0 bridgehead atoms. The third kappa shape index (κ3) is 3.13. The first-order valence-corrected chi connectivity index (χ1v) is 6.20. The predicted octanol–water partition coefficient (Wildman–Crippen LogP) is 1.51. The van der Waals surface area contributed by atoms with E-state index in [4.69, 9.17) is 5.73 Å². The molecule has 0 radical (unpaired) electrons. The van der Waals surface area contributed by atoms with Crippen molar-refractivity contribution in [3.8, 4) is 0 Å². The Morgan fingerprint density at radius 3 is 2.63 bits per heavy atom. The summed E-state index contributed by atoms with van der Waals surface area (Å²) < 4.78 is 1.71. The van der Waals surface area contributed by atoms with E-state index in [2.05, 4.69) is 10.4 Å². The summed E-state index contributed by atoms with van der Waals surface area (Å²) >= 11 is 0. The molecule has 0 aliphatic carbocycles. The van der Waals surface area contributed by atoms with E-state index >= 15 is 0 Å². The molecule has 2 rings (SSSR count). The van der Waals surface area contributed by atoms with Crippen LogP contribution in [0, 0.1) is 13.8 Å². The van der Waals surface area contributed by atoms with Gasteiger partial charge in [-0.3, -0.25) is 9.48 Å². The van der Waals surface area contributed by atoms with Gasteiger partial charge in [-0.05, 0) is 25.0 Å². The summed E-state index contributed by atoms with van der Waals surface area (Å²) in [6.07, 6.45) is 3.33. The summed E-state index contributed by atoms with van der Waals surface area (Å²) in [5.74, 6) is -0.0456. The molecule has 0 spiro atoms. The van der Waals surface area contributed by atoms with Crippen LogP contribution in [0.15, 0.2) is 30.6 Å². The Hall–Kier alpha value is -2.30. The number of aryl methyl sites for hydroxylation is 2. The zero-order valence-electron chi connectivity index (χ0n) is 11.2. The first-order chi connectivity index (χ1) is 9.08. The van der Waals surface area contributed by atoms with Crippen LogP contribution in [0.25, 0.3) is 0 Å². The van der Waals surface area contributed by atoms with Crippen LogP contribution < -0.4 is 11.1 Å². The van der Waals surface area contributed by atoms with Crippen molar-refractivity contribution in [2.45, 2.75) is 20.4 Å². The van der Waals surface area contributed by atoms with Crippen LogP contribution in [-0.4, -0.2) is 22.2 Å². The van der Waals surface area contributed by atoms with Crippen molar-refractivity contribution in [2.75, 3.05) is 12.3 Å². The summed E-state index contributed by atoms with van der Waals surface area (Å²) in [5, 5.41) is 6.96. The summed E-state index contributed by atoms with van der Waals surface area (Å²) in [7, 11) is 0. The number of amides is 1. The monoisotopic (exact) mass is 258 g/mol. The first kappa shape index (κ1) is 13.1. The van der Waals surface area contributed by atoms with E-state index in [1.165, 1.54) is 0 Å². The molecule has 0 fully saturated rings. The molecule has 1 amide bonds. The number of anilines is 1. The molecule has 0 aliphatic rings. The molecule has 0 saturated heterocycles. The molecule has 0 atom stereocenters. The number of carbonyl (C=O) groups excluding carboxylic acids is 1. The smallest absolute Gasteiger partial charge is 0.251 e. The number of nitrogen functional groups attached to an aromatic ring is 1. The lowest BCUT2D eigenvalue weighted by atomic mass is 10.0. The van der Waals surface area contributed by atoms with Gasteiger partial charge in [0.15, 0.2) is 0 Å². The Kier molecular flexibility index (Phi) is 3.85. The second-order valence-corrected chi connectivity index (χ2v) is 4.56. The predicted molar refractivity (Wildman–Crippen MR) is 74.9 cm³/mol. The number of carbonyl (C=O) groups is 1. The van der Waals surface area contributed by atoms with Gasteiger partial charge in [0.05, 0.1) is 18.4 Å². The van der Waals surface area contributed by atoms with E-state index in [-0.39, 0.29) is 5.91 Å². The molecule has 3 N–H and O–H groups in total. The highest BCUT2D eigenvalue weighted by atomic mass is 16.1. The van der Waals surface area contributed by atoms with Crippen molar-refractivity contribution in [3.63, 3.8) is 0 Å². The number of hydrogen-bond acceptors (Lipinski definition) is 3. The minimum Gasteiger partial charge on any atom is -0.396 e. The maximum absolute atomic E-state index is 12.1. The number of benzene rings is 1. The first-order valence-electron chi connectivity index (χ1n) is 6.20. The van der Waals surface area contributed by atoms with Crippen LogP contribution in [-0.2, 0) is 6.54 Å². The van der Waals surface area contributed by atoms with Crippen molar-refractivity contribution in [1.82, 2.24) is 15.1 Å². The molecular formula is C14H18N4O. The van der Waals surface area contributed by atoms with Crippen molar-refractivity contribution >= 4 is 11.6 Å². The molecule has 1 aromatic heterocycles. The molecule has 5 heteroatoms. The highest BCUT2D eigenvalue weighted by molar-refractivity contribution is 5.97. The fraction of sp³-hybridized carbons (Fsp3) is 0.286. The Morgan fingerprint density at radius 1 is 1.37 bits per heavy atom. The summed E-state index contributed by atoms with van der Waals surface area (Å²) in [6, 6.07) is 5.83. The average Bonchev–Trinajstić information content (AvgIpc) is 2.75. The highest BCUT2D eigenvalue weighted by Crippen LogP contribution is 2.12. The van der Waals surface area contributed by atoms with E-state index in [1.807, 2.05) is 32.0 Å². The quantitative estimate of drug-likeness (QED) is 0.873. The van der Waals surface area contributed by atoms with E-state index in [9.17, 15) is 4.79 Å². The van der Waals surface area contributed by atoms with Gasteiger partial charge >= 0.3 is 0 Å². The van der Waals surface area contributed by atoms with Crippen LogP contribution >= 0.6 is 0 Å². The highest BCUT2D eigenvalue weighted by Gasteiger charge is 2.10. The van der Waals surface area contributed by atoms with Crippen molar-refractivity contribution in [3.05, 3.63) is 47.3 Å². The zero-order chi connectivity index (χ0) is 13.8. The molecule has 19 heavy (non-hydrogen) atoms. The zero-order valence-corrected chi connectivity index (χ0v) is 11.2. The van der Waals surface area contributed by atoms with Gasteiger partial charge < -0.3 is 11.1 Å². The fourth-order valence-corrected chi connectivity index (χ4v) is 2.05. The molecule has 0 unspecified atom stereocenters. The van der Waals surface area contributed by atoms with Crippen molar-refractivity contribution in [2.24, 2.45) is 0 Å². The van der Waals surface area contributed by atoms with Crippen LogP contribution in [0.2, 0.25) is 0 Å². The van der Waals surface area contributed by atoms with Gasteiger partial charge in [0.25, 0.3) is 5.91 Å². The number of hydrogen-bond donors (Lipinski definition) is 2. The van der Waals surface area contributed by atoms with Crippen molar-refractivity contribution < 1.29 is 4.79 Å². The summed E-state index contributed by atoms with van der Waals surface area (Å²) in [4.78, 5) is 12.1. The summed E-state index contributed by atoms with van der Waals surface area (Å²) in [6.45, 7) is 5.01. The average molecular weight is 258 g/mol. The van der Waals surface area contributed by atoms with E-state index < -0.39 is 0 Å². The van der Waals surface area contributed by atoms with Crippen LogP contribution in [0.4, 0.5) is 5.69 Å². The lowest BCUT2D eigenvalue weighted by molar-refractivity contribution is 0.0950. The van der Waals surface area contributed by atoms with Crippen LogP contribution in [0.3, 0.4) is 0 Å². The second-order valence-electron chi connectivity index (χ2n) is 4.56. The minimum atomic E-state index is -0.0456. The Labute approximate surface area is 112 Å². The van der Waals surface area contributed by atoms with Gasteiger partial charge in [-0.25, -0.2) is 0 Å². The largest absolute Gasteiger partial charge is 0.396 e. The van der Waals surface area contributed by atoms with E-state index in [0.717, 1.165) is 16.7 Å². The molecule has 0 aliphatic heterocycles. The fourth-order valence-electron chi connectivity index (χ4n) is 2.05. The molecule has 0 saturated carbocycles. The molecule has 1 heterocycles.